The summed E-state index contributed by atoms with van der Waals surface area (Å²) in [6, 6.07) is 8.78. The fraction of sp³-hybridized carbons (Fsp3) is 0.650. The third kappa shape index (κ3) is 4.50. The first-order valence-electron chi connectivity index (χ1n) is 9.30. The Hall–Kier alpha value is -1.55. The van der Waals surface area contributed by atoms with Gasteiger partial charge in [0.1, 0.15) is 5.75 Å². The van der Waals surface area contributed by atoms with E-state index in [1.54, 1.807) is 0 Å². The lowest BCUT2D eigenvalue weighted by Gasteiger charge is -2.37. The van der Waals surface area contributed by atoms with E-state index in [1.807, 2.05) is 19.9 Å². The maximum absolute atomic E-state index is 12.2. The number of nitrogens with one attached hydrogen (secondary N) is 1. The van der Waals surface area contributed by atoms with Crippen molar-refractivity contribution in [3.8, 4) is 5.75 Å². The highest BCUT2D eigenvalue weighted by Crippen LogP contribution is 2.32. The molecule has 132 valence electrons. The van der Waals surface area contributed by atoms with Gasteiger partial charge in [0.25, 0.3) is 0 Å². The maximum Gasteiger partial charge on any atom is 0.225 e. The molecule has 2 fully saturated rings. The van der Waals surface area contributed by atoms with Gasteiger partial charge in [-0.1, -0.05) is 19.1 Å². The highest BCUT2D eigenvalue weighted by Gasteiger charge is 2.36. The number of likely N-dealkylation sites (tertiary alicyclic amines) is 1. The van der Waals surface area contributed by atoms with E-state index in [1.165, 1.54) is 5.56 Å². The molecule has 0 spiro atoms. The van der Waals surface area contributed by atoms with Crippen molar-refractivity contribution in [2.24, 2.45) is 11.8 Å². The van der Waals surface area contributed by atoms with Gasteiger partial charge in [-0.25, -0.2) is 0 Å². The fourth-order valence-corrected chi connectivity index (χ4v) is 3.49. The van der Waals surface area contributed by atoms with Gasteiger partial charge < -0.3 is 15.0 Å². The molecule has 24 heavy (non-hydrogen) atoms. The first kappa shape index (κ1) is 17.3. The average Bonchev–Trinajstić information content (AvgIpc) is 3.37. The van der Waals surface area contributed by atoms with Crippen LogP contribution in [0, 0.1) is 11.8 Å². The first-order chi connectivity index (χ1) is 11.5. The predicted octanol–water partition coefficient (Wildman–Crippen LogP) is 3.21. The highest BCUT2D eigenvalue weighted by atomic mass is 16.5. The number of benzene rings is 1. The van der Waals surface area contributed by atoms with Crippen LogP contribution in [-0.4, -0.2) is 36.0 Å². The Morgan fingerprint density at radius 1 is 1.33 bits per heavy atom. The van der Waals surface area contributed by atoms with E-state index >= 15 is 0 Å². The van der Waals surface area contributed by atoms with Crippen molar-refractivity contribution in [1.29, 1.82) is 0 Å². The molecule has 1 aromatic carbocycles. The molecule has 4 heteroatoms. The second-order valence-electron chi connectivity index (χ2n) is 7.63. The Labute approximate surface area is 145 Å². The number of ether oxygens (including phenoxy) is 1. The number of nitrogens with zero attached hydrogens (tertiary/aromatic N) is 1. The van der Waals surface area contributed by atoms with E-state index in [2.05, 4.69) is 35.3 Å². The molecule has 1 heterocycles. The Kier molecular flexibility index (Phi) is 5.44. The zero-order valence-corrected chi connectivity index (χ0v) is 15.1. The zero-order valence-electron chi connectivity index (χ0n) is 15.1. The van der Waals surface area contributed by atoms with Gasteiger partial charge in [-0.3, -0.25) is 4.79 Å². The van der Waals surface area contributed by atoms with Gasteiger partial charge in [-0.2, -0.15) is 0 Å². The van der Waals surface area contributed by atoms with E-state index in [9.17, 15) is 4.79 Å². The molecular formula is C20H30N2O2. The standard InChI is InChI=1S/C20H30N2O2/c1-14(2)24-18-6-4-5-16(11-18)12-21-19-9-10-22(13-15(19)3)20(23)17-7-8-17/h4-6,11,14-15,17,19,21H,7-10,12-13H2,1-3H3/t15-,19+/m0/s1. The lowest BCUT2D eigenvalue weighted by atomic mass is 9.93. The molecule has 0 bridgehead atoms. The predicted molar refractivity (Wildman–Crippen MR) is 95.9 cm³/mol. The Balaban J connectivity index is 1.49. The lowest BCUT2D eigenvalue weighted by molar-refractivity contribution is -0.134. The number of hydrogen-bond acceptors (Lipinski definition) is 3. The average molecular weight is 330 g/mol. The number of hydrogen-bond donors (Lipinski definition) is 1. The van der Waals surface area contributed by atoms with Crippen molar-refractivity contribution in [1.82, 2.24) is 10.2 Å². The summed E-state index contributed by atoms with van der Waals surface area (Å²) in [6.07, 6.45) is 3.43. The summed E-state index contributed by atoms with van der Waals surface area (Å²) >= 11 is 0. The molecule has 4 nitrogen and oxygen atoms in total. The van der Waals surface area contributed by atoms with Crippen LogP contribution in [0.4, 0.5) is 0 Å². The topological polar surface area (TPSA) is 41.6 Å². The lowest BCUT2D eigenvalue weighted by Crippen LogP contribution is -2.50. The fourth-order valence-electron chi connectivity index (χ4n) is 3.49. The van der Waals surface area contributed by atoms with E-state index < -0.39 is 0 Å². The van der Waals surface area contributed by atoms with Crippen LogP contribution in [0.2, 0.25) is 0 Å². The van der Waals surface area contributed by atoms with Crippen molar-refractivity contribution in [3.63, 3.8) is 0 Å². The van der Waals surface area contributed by atoms with Crippen LogP contribution < -0.4 is 10.1 Å². The number of rotatable bonds is 6. The molecule has 1 saturated heterocycles. The summed E-state index contributed by atoms with van der Waals surface area (Å²) < 4.78 is 5.76. The monoisotopic (exact) mass is 330 g/mol. The summed E-state index contributed by atoms with van der Waals surface area (Å²) in [7, 11) is 0. The molecule has 3 rings (SSSR count). The van der Waals surface area contributed by atoms with Crippen molar-refractivity contribution in [3.05, 3.63) is 29.8 Å². The van der Waals surface area contributed by atoms with Gasteiger partial charge in [0.05, 0.1) is 6.10 Å². The van der Waals surface area contributed by atoms with Crippen molar-refractivity contribution in [2.45, 2.75) is 58.7 Å². The van der Waals surface area contributed by atoms with Crippen molar-refractivity contribution >= 4 is 5.91 Å². The molecule has 0 aromatic heterocycles. The Morgan fingerprint density at radius 3 is 2.79 bits per heavy atom. The zero-order chi connectivity index (χ0) is 17.1. The molecule has 1 aliphatic heterocycles. The third-order valence-electron chi connectivity index (χ3n) is 4.98. The smallest absolute Gasteiger partial charge is 0.225 e. The molecule has 1 aliphatic carbocycles. The van der Waals surface area contributed by atoms with E-state index in [4.69, 9.17) is 4.74 Å². The Bertz CT molecular complexity index is 569. The van der Waals surface area contributed by atoms with Gasteiger partial charge in [-0.05, 0) is 56.7 Å². The summed E-state index contributed by atoms with van der Waals surface area (Å²) in [5, 5.41) is 3.68. The van der Waals surface area contributed by atoms with Gasteiger partial charge >= 0.3 is 0 Å². The van der Waals surface area contributed by atoms with Crippen molar-refractivity contribution < 1.29 is 9.53 Å². The van der Waals surface area contributed by atoms with E-state index in [-0.39, 0.29) is 6.10 Å². The number of amides is 1. The van der Waals surface area contributed by atoms with Gasteiger partial charge in [0.2, 0.25) is 5.91 Å². The number of piperidine rings is 1. The van der Waals surface area contributed by atoms with Crippen LogP contribution in [0.25, 0.3) is 0 Å². The summed E-state index contributed by atoms with van der Waals surface area (Å²) in [4.78, 5) is 14.3. The molecule has 2 aliphatic rings. The number of carbonyl (C=O) groups is 1. The van der Waals surface area contributed by atoms with Gasteiger partial charge in [0.15, 0.2) is 0 Å². The maximum atomic E-state index is 12.2. The molecule has 1 amide bonds. The normalized spacial score (nSPS) is 24.2. The van der Waals surface area contributed by atoms with Gasteiger partial charge in [-0.15, -0.1) is 0 Å². The van der Waals surface area contributed by atoms with Crippen LogP contribution in [0.5, 0.6) is 5.75 Å². The quantitative estimate of drug-likeness (QED) is 0.871. The van der Waals surface area contributed by atoms with Crippen molar-refractivity contribution in [2.75, 3.05) is 13.1 Å². The molecule has 1 N–H and O–H groups in total. The van der Waals surface area contributed by atoms with Crippen LogP contribution in [-0.2, 0) is 11.3 Å². The third-order valence-corrected chi connectivity index (χ3v) is 4.98. The highest BCUT2D eigenvalue weighted by molar-refractivity contribution is 5.81. The van der Waals surface area contributed by atoms with Crippen LogP contribution in [0.15, 0.2) is 24.3 Å². The molecule has 0 radical (unpaired) electrons. The van der Waals surface area contributed by atoms with Crippen LogP contribution in [0.3, 0.4) is 0 Å². The molecule has 0 unspecified atom stereocenters. The Morgan fingerprint density at radius 2 is 2.12 bits per heavy atom. The summed E-state index contributed by atoms with van der Waals surface area (Å²) in [5.74, 6) is 2.16. The van der Waals surface area contributed by atoms with Gasteiger partial charge in [0, 0.05) is 31.6 Å². The largest absolute Gasteiger partial charge is 0.491 e. The van der Waals surface area contributed by atoms with Crippen LogP contribution >= 0.6 is 0 Å². The molecule has 2 atom stereocenters. The number of carbonyl (C=O) groups excluding carboxylic acids is 1. The summed E-state index contributed by atoms with van der Waals surface area (Å²) in [6.45, 7) is 8.98. The van der Waals surface area contributed by atoms with Crippen LogP contribution in [0.1, 0.15) is 45.6 Å². The first-order valence-corrected chi connectivity index (χ1v) is 9.30. The summed E-state index contributed by atoms with van der Waals surface area (Å²) in [5.41, 5.74) is 1.25. The SMILES string of the molecule is CC(C)Oc1cccc(CN[C@@H]2CCN(C(=O)C3CC3)C[C@@H]2C)c1. The van der Waals surface area contributed by atoms with E-state index in [0.29, 0.717) is 23.8 Å². The minimum atomic E-state index is 0.196. The second kappa shape index (κ2) is 7.56. The second-order valence-corrected chi connectivity index (χ2v) is 7.63. The molecule has 1 aromatic rings. The minimum absolute atomic E-state index is 0.196. The molecular weight excluding hydrogens is 300 g/mol. The molecule has 1 saturated carbocycles. The van der Waals surface area contributed by atoms with E-state index in [0.717, 1.165) is 44.6 Å². The minimum Gasteiger partial charge on any atom is -0.491 e.